The zero-order valence-corrected chi connectivity index (χ0v) is 16.2. The smallest absolute Gasteiger partial charge is 0.480 e. The number of alkyl halides is 3. The number of fused-ring (bicyclic) bond motifs is 1. The highest BCUT2D eigenvalue weighted by atomic mass is 19.4. The molecule has 4 unspecified atom stereocenters. The largest absolute Gasteiger partial charge is 0.573 e. The second-order valence-corrected chi connectivity index (χ2v) is 8.44. The quantitative estimate of drug-likeness (QED) is 0.738. The summed E-state index contributed by atoms with van der Waals surface area (Å²) in [6.07, 6.45) is -4.90. The maximum Gasteiger partial charge on any atom is 0.573 e. The summed E-state index contributed by atoms with van der Waals surface area (Å²) >= 11 is 0. The van der Waals surface area contributed by atoms with Gasteiger partial charge in [-0.2, -0.15) is 0 Å². The van der Waals surface area contributed by atoms with Crippen molar-refractivity contribution in [2.75, 3.05) is 0 Å². The van der Waals surface area contributed by atoms with E-state index in [9.17, 15) is 32.7 Å². The molecular weight excluding hydrogens is 393 g/mol. The first-order valence-corrected chi connectivity index (χ1v) is 8.91. The van der Waals surface area contributed by atoms with Gasteiger partial charge in [0.1, 0.15) is 11.3 Å². The van der Waals surface area contributed by atoms with Gasteiger partial charge in [-0.25, -0.2) is 0 Å². The van der Waals surface area contributed by atoms with Crippen molar-refractivity contribution in [1.82, 2.24) is 10.2 Å². The summed E-state index contributed by atoms with van der Waals surface area (Å²) in [4.78, 5) is 39.2. The lowest BCUT2D eigenvalue weighted by Gasteiger charge is -2.34. The monoisotopic (exact) mass is 414 g/mol. The molecule has 158 valence electrons. The van der Waals surface area contributed by atoms with Crippen LogP contribution in [-0.4, -0.2) is 45.2 Å². The number of carbonyl (C=O) groups excluding carboxylic acids is 2. The van der Waals surface area contributed by atoms with E-state index in [1.54, 1.807) is 20.8 Å². The third-order valence-electron chi connectivity index (χ3n) is 5.35. The molecule has 0 bridgehead atoms. The second kappa shape index (κ2) is 6.45. The van der Waals surface area contributed by atoms with Gasteiger partial charge in [0, 0.05) is 11.6 Å². The van der Waals surface area contributed by atoms with Gasteiger partial charge in [0.2, 0.25) is 11.8 Å². The molecule has 0 saturated carbocycles. The average Bonchev–Trinajstić information content (AvgIpc) is 3.00. The van der Waals surface area contributed by atoms with Crippen molar-refractivity contribution in [2.24, 2.45) is 11.8 Å². The zero-order chi connectivity index (χ0) is 21.9. The normalized spacial score (nSPS) is 29.9. The SMILES string of the molecule is CC1(C(=O)O)NC(c2cccc(OC(F)(F)F)c2)C2C(=O)N(C(C)(C)C)C(=O)C21. The fraction of sp³-hybridized carbons (Fsp3) is 0.526. The molecule has 2 saturated heterocycles. The first kappa shape index (κ1) is 21.1. The number of benzene rings is 1. The first-order valence-electron chi connectivity index (χ1n) is 8.91. The van der Waals surface area contributed by atoms with Crippen molar-refractivity contribution in [1.29, 1.82) is 0 Å². The molecule has 0 aliphatic carbocycles. The zero-order valence-electron chi connectivity index (χ0n) is 16.2. The van der Waals surface area contributed by atoms with Crippen LogP contribution in [0.2, 0.25) is 0 Å². The summed E-state index contributed by atoms with van der Waals surface area (Å²) in [5, 5.41) is 12.6. The molecule has 2 fully saturated rings. The summed E-state index contributed by atoms with van der Waals surface area (Å²) in [5.41, 5.74) is -2.41. The molecule has 0 aromatic heterocycles. The minimum atomic E-state index is -4.90. The van der Waals surface area contributed by atoms with E-state index in [-0.39, 0.29) is 5.56 Å². The molecule has 2 N–H and O–H groups in total. The van der Waals surface area contributed by atoms with Gasteiger partial charge in [-0.15, -0.1) is 13.2 Å². The molecule has 1 aromatic carbocycles. The number of nitrogens with one attached hydrogen (secondary N) is 1. The number of rotatable bonds is 3. The van der Waals surface area contributed by atoms with E-state index in [1.807, 2.05) is 0 Å². The number of hydrogen-bond acceptors (Lipinski definition) is 5. The highest BCUT2D eigenvalue weighted by Crippen LogP contribution is 2.50. The number of halogens is 3. The number of hydrogen-bond donors (Lipinski definition) is 2. The van der Waals surface area contributed by atoms with E-state index in [4.69, 9.17) is 0 Å². The maximum atomic E-state index is 13.1. The predicted molar refractivity (Wildman–Crippen MR) is 93.6 cm³/mol. The lowest BCUT2D eigenvalue weighted by atomic mass is 9.80. The highest BCUT2D eigenvalue weighted by Gasteiger charge is 2.67. The number of carbonyl (C=O) groups is 3. The van der Waals surface area contributed by atoms with Crippen LogP contribution in [0.1, 0.15) is 39.3 Å². The molecular formula is C19H21F3N2O5. The molecule has 2 amide bonds. The summed E-state index contributed by atoms with van der Waals surface area (Å²) in [5.74, 6) is -5.25. The van der Waals surface area contributed by atoms with Crippen molar-refractivity contribution in [3.8, 4) is 5.75 Å². The Kier molecular flexibility index (Phi) is 4.69. The number of carboxylic acid groups (broad SMARTS) is 1. The maximum absolute atomic E-state index is 13.1. The van der Waals surface area contributed by atoms with Crippen LogP contribution >= 0.6 is 0 Å². The highest BCUT2D eigenvalue weighted by molar-refractivity contribution is 6.09. The van der Waals surface area contributed by atoms with Crippen molar-refractivity contribution in [3.05, 3.63) is 29.8 Å². The summed E-state index contributed by atoms with van der Waals surface area (Å²) in [7, 11) is 0. The molecule has 1 aromatic rings. The van der Waals surface area contributed by atoms with Gasteiger partial charge < -0.3 is 9.84 Å². The summed E-state index contributed by atoms with van der Waals surface area (Å²) < 4.78 is 41.6. The van der Waals surface area contributed by atoms with E-state index in [1.165, 1.54) is 19.1 Å². The third-order valence-corrected chi connectivity index (χ3v) is 5.35. The first-order chi connectivity index (χ1) is 13.2. The van der Waals surface area contributed by atoms with Gasteiger partial charge in [-0.1, -0.05) is 12.1 Å². The van der Waals surface area contributed by atoms with Crippen LogP contribution in [0.4, 0.5) is 13.2 Å². The summed E-state index contributed by atoms with van der Waals surface area (Å²) in [6.45, 7) is 6.27. The Morgan fingerprint density at radius 1 is 1.21 bits per heavy atom. The lowest BCUT2D eigenvalue weighted by molar-refractivity contribution is -0.274. The van der Waals surface area contributed by atoms with Crippen LogP contribution in [0.25, 0.3) is 0 Å². The number of carboxylic acids is 1. The van der Waals surface area contributed by atoms with Gasteiger partial charge in [0.25, 0.3) is 0 Å². The molecule has 10 heteroatoms. The number of likely N-dealkylation sites (tertiary alicyclic amines) is 1. The number of nitrogens with zero attached hydrogens (tertiary/aromatic N) is 1. The van der Waals surface area contributed by atoms with Gasteiger partial charge in [0.05, 0.1) is 11.8 Å². The molecule has 29 heavy (non-hydrogen) atoms. The predicted octanol–water partition coefficient (Wildman–Crippen LogP) is 2.47. The Labute approximate surface area is 164 Å². The fourth-order valence-corrected chi connectivity index (χ4v) is 4.19. The number of imide groups is 1. The van der Waals surface area contributed by atoms with Crippen LogP contribution in [0.3, 0.4) is 0 Å². The Balaban J connectivity index is 2.08. The topological polar surface area (TPSA) is 95.9 Å². The van der Waals surface area contributed by atoms with Crippen molar-refractivity contribution >= 4 is 17.8 Å². The van der Waals surface area contributed by atoms with Gasteiger partial charge >= 0.3 is 12.3 Å². The fourth-order valence-electron chi connectivity index (χ4n) is 4.19. The minimum Gasteiger partial charge on any atom is -0.480 e. The average molecular weight is 414 g/mol. The van der Waals surface area contributed by atoms with Crippen LogP contribution in [-0.2, 0) is 14.4 Å². The molecule has 2 heterocycles. The van der Waals surface area contributed by atoms with E-state index >= 15 is 0 Å². The molecule has 0 radical (unpaired) electrons. The number of ether oxygens (including phenoxy) is 1. The van der Waals surface area contributed by atoms with E-state index < -0.39 is 58.9 Å². The molecule has 7 nitrogen and oxygen atoms in total. The lowest BCUT2D eigenvalue weighted by Crippen LogP contribution is -2.55. The Morgan fingerprint density at radius 2 is 1.83 bits per heavy atom. The summed E-state index contributed by atoms with van der Waals surface area (Å²) in [6, 6.07) is 3.99. The minimum absolute atomic E-state index is 0.226. The molecule has 4 atom stereocenters. The van der Waals surface area contributed by atoms with Crippen molar-refractivity contribution < 1.29 is 37.4 Å². The van der Waals surface area contributed by atoms with Crippen molar-refractivity contribution in [3.63, 3.8) is 0 Å². The van der Waals surface area contributed by atoms with Crippen LogP contribution in [0.15, 0.2) is 24.3 Å². The van der Waals surface area contributed by atoms with Crippen molar-refractivity contribution in [2.45, 2.75) is 51.2 Å². The number of aliphatic carboxylic acids is 1. The molecule has 3 rings (SSSR count). The van der Waals surface area contributed by atoms with Gasteiger partial charge in [0.15, 0.2) is 0 Å². The third kappa shape index (κ3) is 3.45. The van der Waals surface area contributed by atoms with E-state index in [0.29, 0.717) is 0 Å². The van der Waals surface area contributed by atoms with Crippen LogP contribution < -0.4 is 10.1 Å². The molecule has 2 aliphatic heterocycles. The number of amides is 2. The Morgan fingerprint density at radius 3 is 2.34 bits per heavy atom. The van der Waals surface area contributed by atoms with E-state index in [0.717, 1.165) is 17.0 Å². The van der Waals surface area contributed by atoms with E-state index in [2.05, 4.69) is 10.1 Å². The van der Waals surface area contributed by atoms with Crippen LogP contribution in [0, 0.1) is 11.8 Å². The second-order valence-electron chi connectivity index (χ2n) is 8.44. The Bertz CT molecular complexity index is 879. The van der Waals surface area contributed by atoms with Gasteiger partial charge in [-0.05, 0) is 45.4 Å². The molecule has 0 spiro atoms. The van der Waals surface area contributed by atoms with Crippen LogP contribution in [0.5, 0.6) is 5.75 Å². The molecule has 2 aliphatic rings. The van der Waals surface area contributed by atoms with Gasteiger partial charge in [-0.3, -0.25) is 24.6 Å². The standard InChI is InChI=1S/C19H21F3N2O5/c1-17(2,3)24-14(25)11-12(15(24)26)18(4,16(27)28)23-13(11)9-6-5-7-10(8-9)29-19(20,21)22/h5-8,11-13,23H,1-4H3,(H,27,28). The Hall–Kier alpha value is -2.62.